The Morgan fingerprint density at radius 3 is 2.90 bits per heavy atom. The van der Waals surface area contributed by atoms with Gasteiger partial charge < -0.3 is 9.15 Å². The smallest absolute Gasteiger partial charge is 0.270 e. The molecule has 1 aliphatic rings. The molecule has 106 valence electrons. The maximum absolute atomic E-state index is 12.5. The Bertz CT molecular complexity index is 722. The van der Waals surface area contributed by atoms with Gasteiger partial charge in [0.15, 0.2) is 4.32 Å². The molecular weight excluding hydrogens is 306 g/mol. The number of nitrogens with zero attached hydrogens (tertiary/aromatic N) is 1. The zero-order valence-electron chi connectivity index (χ0n) is 11.1. The Hall–Kier alpha value is -2.05. The number of carbonyl (C=O) groups excluding carboxylic acids is 1. The number of thiocarbonyl (C=S) groups is 1. The van der Waals surface area contributed by atoms with E-state index in [1.54, 1.807) is 37.6 Å². The number of hydrogen-bond acceptors (Lipinski definition) is 5. The monoisotopic (exact) mass is 317 g/mol. The van der Waals surface area contributed by atoms with E-state index in [9.17, 15) is 4.79 Å². The van der Waals surface area contributed by atoms with E-state index in [0.717, 1.165) is 0 Å². The zero-order chi connectivity index (χ0) is 14.8. The number of hydrogen-bond donors (Lipinski definition) is 0. The normalized spacial score (nSPS) is 16.8. The molecule has 0 bridgehead atoms. The molecule has 0 N–H and O–H groups in total. The third kappa shape index (κ3) is 2.72. The molecule has 21 heavy (non-hydrogen) atoms. The minimum absolute atomic E-state index is 0.158. The second kappa shape index (κ2) is 5.75. The summed E-state index contributed by atoms with van der Waals surface area (Å²) in [6, 6.07) is 10.8. The highest BCUT2D eigenvalue weighted by Gasteiger charge is 2.33. The first-order valence-corrected chi connectivity index (χ1v) is 7.37. The lowest BCUT2D eigenvalue weighted by Crippen LogP contribution is -2.27. The zero-order valence-corrected chi connectivity index (χ0v) is 12.7. The van der Waals surface area contributed by atoms with E-state index < -0.39 is 0 Å². The van der Waals surface area contributed by atoms with Crippen molar-refractivity contribution in [3.8, 4) is 5.75 Å². The standard InChI is InChI=1S/C15H11NO3S2/c1-18-11-5-2-4-10(8-11)16-14(17)13(21-15(16)20)9-12-6-3-7-19-12/h2-9H,1H3/b13-9+. The first-order chi connectivity index (χ1) is 10.2. The quantitative estimate of drug-likeness (QED) is 0.638. The molecule has 1 aromatic carbocycles. The van der Waals surface area contributed by atoms with E-state index >= 15 is 0 Å². The fraction of sp³-hybridized carbons (Fsp3) is 0.0667. The van der Waals surface area contributed by atoms with Crippen LogP contribution in [0.1, 0.15) is 5.76 Å². The lowest BCUT2D eigenvalue weighted by molar-refractivity contribution is -0.113. The van der Waals surface area contributed by atoms with Crippen LogP contribution in [0.2, 0.25) is 0 Å². The molecule has 6 heteroatoms. The minimum Gasteiger partial charge on any atom is -0.497 e. The molecular formula is C15H11NO3S2. The maximum atomic E-state index is 12.5. The Labute approximate surface area is 131 Å². The van der Waals surface area contributed by atoms with Gasteiger partial charge >= 0.3 is 0 Å². The average Bonchev–Trinajstić information content (AvgIpc) is 3.08. The molecule has 1 saturated heterocycles. The number of furan rings is 1. The highest BCUT2D eigenvalue weighted by atomic mass is 32.2. The molecule has 4 nitrogen and oxygen atoms in total. The highest BCUT2D eigenvalue weighted by molar-refractivity contribution is 8.27. The molecule has 0 radical (unpaired) electrons. The predicted octanol–water partition coefficient (Wildman–Crippen LogP) is 3.69. The third-order valence-corrected chi connectivity index (χ3v) is 4.22. The molecule has 1 fully saturated rings. The molecule has 2 heterocycles. The van der Waals surface area contributed by atoms with Gasteiger partial charge in [0, 0.05) is 12.1 Å². The van der Waals surface area contributed by atoms with Crippen LogP contribution in [-0.4, -0.2) is 17.3 Å². The molecule has 2 aromatic rings. The van der Waals surface area contributed by atoms with Gasteiger partial charge in [0.1, 0.15) is 11.5 Å². The van der Waals surface area contributed by atoms with Gasteiger partial charge in [0.05, 0.1) is 24.0 Å². The summed E-state index contributed by atoms with van der Waals surface area (Å²) >= 11 is 6.56. The second-order valence-electron chi connectivity index (χ2n) is 4.23. The van der Waals surface area contributed by atoms with E-state index in [1.165, 1.54) is 16.7 Å². The van der Waals surface area contributed by atoms with Crippen molar-refractivity contribution >= 4 is 46.0 Å². The van der Waals surface area contributed by atoms with Crippen LogP contribution in [0, 0.1) is 0 Å². The second-order valence-corrected chi connectivity index (χ2v) is 5.91. The van der Waals surface area contributed by atoms with Crippen molar-refractivity contribution in [2.45, 2.75) is 0 Å². The largest absolute Gasteiger partial charge is 0.497 e. The van der Waals surface area contributed by atoms with Crippen LogP contribution < -0.4 is 9.64 Å². The van der Waals surface area contributed by atoms with E-state index in [4.69, 9.17) is 21.4 Å². The molecule has 1 amide bonds. The number of methoxy groups -OCH3 is 1. The predicted molar refractivity (Wildman–Crippen MR) is 87.4 cm³/mol. The molecule has 0 unspecified atom stereocenters. The fourth-order valence-electron chi connectivity index (χ4n) is 1.94. The van der Waals surface area contributed by atoms with Gasteiger partial charge in [-0.15, -0.1) is 0 Å². The summed E-state index contributed by atoms with van der Waals surface area (Å²) in [5.41, 5.74) is 0.694. The summed E-state index contributed by atoms with van der Waals surface area (Å²) in [7, 11) is 1.58. The molecule has 0 spiro atoms. The molecule has 3 rings (SSSR count). The van der Waals surface area contributed by atoms with Gasteiger partial charge in [-0.2, -0.15) is 0 Å². The topological polar surface area (TPSA) is 42.7 Å². The van der Waals surface area contributed by atoms with E-state index in [0.29, 0.717) is 26.4 Å². The molecule has 1 aromatic heterocycles. The van der Waals surface area contributed by atoms with Crippen LogP contribution in [0.3, 0.4) is 0 Å². The number of benzene rings is 1. The molecule has 0 saturated carbocycles. The molecule has 1 aliphatic heterocycles. The first kappa shape index (κ1) is 13.9. The number of anilines is 1. The number of amides is 1. The lowest BCUT2D eigenvalue weighted by atomic mass is 10.2. The summed E-state index contributed by atoms with van der Waals surface area (Å²) in [5, 5.41) is 0. The van der Waals surface area contributed by atoms with Crippen molar-refractivity contribution < 1.29 is 13.9 Å². The van der Waals surface area contributed by atoms with Crippen molar-refractivity contribution in [2.75, 3.05) is 12.0 Å². The number of ether oxygens (including phenoxy) is 1. The van der Waals surface area contributed by atoms with E-state index in [2.05, 4.69) is 0 Å². The lowest BCUT2D eigenvalue weighted by Gasteiger charge is -2.15. The van der Waals surface area contributed by atoms with Gasteiger partial charge in [-0.3, -0.25) is 9.69 Å². The number of thioether (sulfide) groups is 1. The average molecular weight is 317 g/mol. The number of rotatable bonds is 3. The van der Waals surface area contributed by atoms with Crippen molar-refractivity contribution in [1.29, 1.82) is 0 Å². The highest BCUT2D eigenvalue weighted by Crippen LogP contribution is 2.36. The Morgan fingerprint density at radius 1 is 1.33 bits per heavy atom. The summed E-state index contributed by atoms with van der Waals surface area (Å²) in [6.07, 6.45) is 3.26. The summed E-state index contributed by atoms with van der Waals surface area (Å²) in [5.74, 6) is 1.15. The van der Waals surface area contributed by atoms with Gasteiger partial charge in [0.25, 0.3) is 5.91 Å². The first-order valence-electron chi connectivity index (χ1n) is 6.14. The Kier molecular flexibility index (Phi) is 3.81. The number of carbonyl (C=O) groups is 1. The van der Waals surface area contributed by atoms with Gasteiger partial charge in [-0.25, -0.2) is 0 Å². The van der Waals surface area contributed by atoms with Gasteiger partial charge in [0.2, 0.25) is 0 Å². The van der Waals surface area contributed by atoms with Gasteiger partial charge in [-0.1, -0.05) is 30.0 Å². The Balaban J connectivity index is 1.93. The van der Waals surface area contributed by atoms with E-state index in [-0.39, 0.29) is 5.91 Å². The summed E-state index contributed by atoms with van der Waals surface area (Å²) in [4.78, 5) is 14.5. The van der Waals surface area contributed by atoms with Crippen LogP contribution in [0.4, 0.5) is 5.69 Å². The SMILES string of the molecule is COc1cccc(N2C(=O)/C(=C\c3ccco3)SC2=S)c1. The third-order valence-electron chi connectivity index (χ3n) is 2.92. The minimum atomic E-state index is -0.158. The van der Waals surface area contributed by atoms with Crippen LogP contribution in [-0.2, 0) is 4.79 Å². The summed E-state index contributed by atoms with van der Waals surface area (Å²) < 4.78 is 10.9. The van der Waals surface area contributed by atoms with Crippen molar-refractivity contribution in [3.63, 3.8) is 0 Å². The fourth-order valence-corrected chi connectivity index (χ4v) is 3.22. The molecule has 0 atom stereocenters. The molecule has 0 aliphatic carbocycles. The Morgan fingerprint density at radius 2 is 2.19 bits per heavy atom. The van der Waals surface area contributed by atoms with Crippen molar-refractivity contribution in [3.05, 3.63) is 53.3 Å². The van der Waals surface area contributed by atoms with Crippen molar-refractivity contribution in [1.82, 2.24) is 0 Å². The van der Waals surface area contributed by atoms with Crippen LogP contribution in [0.5, 0.6) is 5.75 Å². The van der Waals surface area contributed by atoms with Crippen LogP contribution in [0.25, 0.3) is 6.08 Å². The summed E-state index contributed by atoms with van der Waals surface area (Å²) in [6.45, 7) is 0. The van der Waals surface area contributed by atoms with Crippen molar-refractivity contribution in [2.24, 2.45) is 0 Å². The maximum Gasteiger partial charge on any atom is 0.270 e. The van der Waals surface area contributed by atoms with Crippen LogP contribution in [0.15, 0.2) is 52.0 Å². The van der Waals surface area contributed by atoms with Gasteiger partial charge in [-0.05, 0) is 24.3 Å². The van der Waals surface area contributed by atoms with E-state index in [1.807, 2.05) is 18.2 Å². The van der Waals surface area contributed by atoms with Crippen LogP contribution >= 0.6 is 24.0 Å².